The van der Waals surface area contributed by atoms with Crippen LogP contribution < -0.4 is 4.90 Å². The summed E-state index contributed by atoms with van der Waals surface area (Å²) in [6.45, 7) is 4.69. The first-order chi connectivity index (χ1) is 6.77. The van der Waals surface area contributed by atoms with E-state index in [2.05, 4.69) is 44.4 Å². The molecule has 1 atom stereocenters. The lowest BCUT2D eigenvalue weighted by atomic mass is 10.3. The molecule has 0 N–H and O–H groups in total. The molecule has 0 amide bonds. The fraction of sp³-hybridized carbons (Fsp3) is 0.556. The minimum absolute atomic E-state index is 0.287. The predicted octanol–water partition coefficient (Wildman–Crippen LogP) is 1.31. The van der Waals surface area contributed by atoms with Crippen LogP contribution in [0.15, 0.2) is 12.5 Å². The van der Waals surface area contributed by atoms with Gasteiger partial charge in [-0.2, -0.15) is 0 Å². The maximum Gasteiger partial charge on any atom is 0.145 e. The molecule has 1 saturated heterocycles. The summed E-state index contributed by atoms with van der Waals surface area (Å²) in [5, 5.41) is 0. The predicted molar refractivity (Wildman–Crippen MR) is 62.4 cm³/mol. The lowest BCUT2D eigenvalue weighted by Crippen LogP contribution is -2.41. The topological polar surface area (TPSA) is 38.2 Å². The Morgan fingerprint density at radius 2 is 2.50 bits per heavy atom. The second kappa shape index (κ2) is 4.39. The van der Waals surface area contributed by atoms with Crippen molar-refractivity contribution in [2.24, 2.45) is 0 Å². The largest absolute Gasteiger partial charge is 0.375 e. The Balaban J connectivity index is 2.18. The van der Waals surface area contributed by atoms with Crippen LogP contribution in [0, 0.1) is 3.57 Å². The van der Waals surface area contributed by atoms with Gasteiger partial charge in [0.05, 0.1) is 16.3 Å². The highest BCUT2D eigenvalue weighted by atomic mass is 127. The van der Waals surface area contributed by atoms with Gasteiger partial charge in [-0.3, -0.25) is 0 Å². The van der Waals surface area contributed by atoms with Crippen molar-refractivity contribution in [2.75, 3.05) is 24.6 Å². The van der Waals surface area contributed by atoms with Gasteiger partial charge in [0, 0.05) is 19.3 Å². The molecule has 0 radical (unpaired) electrons. The molecule has 2 heterocycles. The average Bonchev–Trinajstić information content (AvgIpc) is 2.18. The molecular formula is C9H12IN3O. The molecule has 0 unspecified atom stereocenters. The minimum Gasteiger partial charge on any atom is -0.375 e. The third kappa shape index (κ3) is 2.14. The maximum atomic E-state index is 5.48. The molecule has 76 valence electrons. The van der Waals surface area contributed by atoms with Crippen LogP contribution >= 0.6 is 22.6 Å². The van der Waals surface area contributed by atoms with Crippen LogP contribution in [-0.2, 0) is 4.74 Å². The fourth-order valence-corrected chi connectivity index (χ4v) is 2.19. The Bertz CT molecular complexity index is 321. The SMILES string of the molecule is C[C@@H]1CN(c2ncncc2I)CCO1. The summed E-state index contributed by atoms with van der Waals surface area (Å²) >= 11 is 2.26. The molecule has 1 fully saturated rings. The smallest absolute Gasteiger partial charge is 0.145 e. The van der Waals surface area contributed by atoms with Crippen molar-refractivity contribution in [3.05, 3.63) is 16.1 Å². The molecule has 5 heteroatoms. The van der Waals surface area contributed by atoms with Crippen LogP contribution in [0.25, 0.3) is 0 Å². The van der Waals surface area contributed by atoms with Crippen molar-refractivity contribution in [1.29, 1.82) is 0 Å². The highest BCUT2D eigenvalue weighted by molar-refractivity contribution is 14.1. The number of morpholine rings is 1. The van der Waals surface area contributed by atoms with Crippen molar-refractivity contribution in [1.82, 2.24) is 9.97 Å². The molecule has 0 saturated carbocycles. The van der Waals surface area contributed by atoms with E-state index in [1.807, 2.05) is 6.20 Å². The summed E-state index contributed by atoms with van der Waals surface area (Å²) in [5.74, 6) is 1.02. The van der Waals surface area contributed by atoms with E-state index in [9.17, 15) is 0 Å². The van der Waals surface area contributed by atoms with Crippen LogP contribution in [0.4, 0.5) is 5.82 Å². The zero-order valence-electron chi connectivity index (χ0n) is 7.98. The zero-order chi connectivity index (χ0) is 9.97. The van der Waals surface area contributed by atoms with Gasteiger partial charge in [0.2, 0.25) is 0 Å². The van der Waals surface area contributed by atoms with Gasteiger partial charge >= 0.3 is 0 Å². The Hall–Kier alpha value is -0.430. The molecule has 0 aromatic carbocycles. The normalized spacial score (nSPS) is 22.4. The summed E-state index contributed by atoms with van der Waals surface area (Å²) in [4.78, 5) is 10.5. The van der Waals surface area contributed by atoms with Crippen LogP contribution in [0.5, 0.6) is 0 Å². The van der Waals surface area contributed by atoms with Gasteiger partial charge in [0.15, 0.2) is 0 Å². The number of hydrogen-bond donors (Lipinski definition) is 0. The molecule has 1 aromatic rings. The standard InChI is InChI=1S/C9H12IN3O/c1-7-5-13(2-3-14-7)9-8(10)4-11-6-12-9/h4,6-7H,2-3,5H2,1H3/t7-/m1/s1. The van der Waals surface area contributed by atoms with Crippen molar-refractivity contribution >= 4 is 28.4 Å². The lowest BCUT2D eigenvalue weighted by Gasteiger charge is -2.32. The second-order valence-electron chi connectivity index (χ2n) is 3.32. The fourth-order valence-electron chi connectivity index (χ4n) is 1.55. The Morgan fingerprint density at radius 3 is 3.21 bits per heavy atom. The molecule has 0 spiro atoms. The maximum absolute atomic E-state index is 5.48. The molecule has 1 aliphatic heterocycles. The summed E-state index contributed by atoms with van der Waals surface area (Å²) in [6.07, 6.45) is 3.72. The monoisotopic (exact) mass is 305 g/mol. The Morgan fingerprint density at radius 1 is 1.64 bits per heavy atom. The van der Waals surface area contributed by atoms with Crippen molar-refractivity contribution in [3.8, 4) is 0 Å². The van der Waals surface area contributed by atoms with Crippen molar-refractivity contribution < 1.29 is 4.74 Å². The number of nitrogens with zero attached hydrogens (tertiary/aromatic N) is 3. The van der Waals surface area contributed by atoms with Gasteiger partial charge in [0.25, 0.3) is 0 Å². The third-order valence-electron chi connectivity index (χ3n) is 2.19. The zero-order valence-corrected chi connectivity index (χ0v) is 10.1. The van der Waals surface area contributed by atoms with E-state index >= 15 is 0 Å². The molecule has 1 aromatic heterocycles. The number of aromatic nitrogens is 2. The van der Waals surface area contributed by atoms with Crippen LogP contribution in [0.3, 0.4) is 0 Å². The molecule has 0 aliphatic carbocycles. The average molecular weight is 305 g/mol. The number of ether oxygens (including phenoxy) is 1. The molecule has 2 rings (SSSR count). The van der Waals surface area contributed by atoms with E-state index in [4.69, 9.17) is 4.74 Å². The third-order valence-corrected chi connectivity index (χ3v) is 2.95. The van der Waals surface area contributed by atoms with E-state index in [0.717, 1.165) is 29.1 Å². The van der Waals surface area contributed by atoms with Crippen LogP contribution in [0.1, 0.15) is 6.92 Å². The second-order valence-corrected chi connectivity index (χ2v) is 4.48. The van der Waals surface area contributed by atoms with Gasteiger partial charge < -0.3 is 9.64 Å². The van der Waals surface area contributed by atoms with Crippen molar-refractivity contribution in [2.45, 2.75) is 13.0 Å². The van der Waals surface area contributed by atoms with E-state index in [-0.39, 0.29) is 6.10 Å². The molecule has 1 aliphatic rings. The first kappa shape index (κ1) is 10.1. The summed E-state index contributed by atoms with van der Waals surface area (Å²) < 4.78 is 6.58. The van der Waals surface area contributed by atoms with Gasteiger partial charge in [0.1, 0.15) is 12.1 Å². The van der Waals surface area contributed by atoms with Crippen LogP contribution in [-0.4, -0.2) is 35.8 Å². The molecule has 0 bridgehead atoms. The first-order valence-corrected chi connectivity index (χ1v) is 5.67. The lowest BCUT2D eigenvalue weighted by molar-refractivity contribution is 0.0529. The van der Waals surface area contributed by atoms with E-state index < -0.39 is 0 Å². The van der Waals surface area contributed by atoms with Gasteiger partial charge in [-0.25, -0.2) is 9.97 Å². The van der Waals surface area contributed by atoms with Gasteiger partial charge in [-0.15, -0.1) is 0 Å². The number of hydrogen-bond acceptors (Lipinski definition) is 4. The quantitative estimate of drug-likeness (QED) is 0.733. The number of anilines is 1. The van der Waals surface area contributed by atoms with Crippen molar-refractivity contribution in [3.63, 3.8) is 0 Å². The minimum atomic E-state index is 0.287. The Kier molecular flexibility index (Phi) is 3.17. The molecule has 4 nitrogen and oxygen atoms in total. The van der Waals surface area contributed by atoms with E-state index in [1.165, 1.54) is 0 Å². The number of rotatable bonds is 1. The van der Waals surface area contributed by atoms with E-state index in [0.29, 0.717) is 0 Å². The van der Waals surface area contributed by atoms with Gasteiger partial charge in [-0.05, 0) is 29.5 Å². The van der Waals surface area contributed by atoms with E-state index in [1.54, 1.807) is 6.33 Å². The first-order valence-electron chi connectivity index (χ1n) is 4.59. The summed E-state index contributed by atoms with van der Waals surface area (Å²) in [5.41, 5.74) is 0. The molecule has 14 heavy (non-hydrogen) atoms. The molecular weight excluding hydrogens is 293 g/mol. The summed E-state index contributed by atoms with van der Waals surface area (Å²) in [7, 11) is 0. The highest BCUT2D eigenvalue weighted by Crippen LogP contribution is 2.20. The van der Waals surface area contributed by atoms with Crippen LogP contribution in [0.2, 0.25) is 0 Å². The van der Waals surface area contributed by atoms with Gasteiger partial charge in [-0.1, -0.05) is 0 Å². The highest BCUT2D eigenvalue weighted by Gasteiger charge is 2.19. The number of halogens is 1. The Labute approximate surface area is 96.8 Å². The summed E-state index contributed by atoms with van der Waals surface area (Å²) in [6, 6.07) is 0.